The molecule has 0 bridgehead atoms. The van der Waals surface area contributed by atoms with Crippen LogP contribution >= 0.6 is 0 Å². The molecule has 2 aromatic carbocycles. The quantitative estimate of drug-likeness (QED) is 0.187. The van der Waals surface area contributed by atoms with Crippen molar-refractivity contribution in [3.05, 3.63) is 57.8 Å². The summed E-state index contributed by atoms with van der Waals surface area (Å²) in [5.41, 5.74) is 8.79. The summed E-state index contributed by atoms with van der Waals surface area (Å²) < 4.78 is 21.7. The molecule has 0 spiro atoms. The number of non-ortho nitro benzene ring substituents is 1. The van der Waals surface area contributed by atoms with Crippen LogP contribution in [0.3, 0.4) is 0 Å². The van der Waals surface area contributed by atoms with Gasteiger partial charge in [-0.1, -0.05) is 5.21 Å². The zero-order valence-electron chi connectivity index (χ0n) is 19.6. The Labute approximate surface area is 207 Å². The molecular weight excluding hydrogens is 490 g/mol. The monoisotopic (exact) mass is 509 g/mol. The highest BCUT2D eigenvalue weighted by Crippen LogP contribution is 2.39. The Bertz CT molecular complexity index is 1480. The highest BCUT2D eigenvalue weighted by molar-refractivity contribution is 5.99. The lowest BCUT2D eigenvalue weighted by Crippen LogP contribution is -2.19. The molecule has 0 aliphatic carbocycles. The van der Waals surface area contributed by atoms with Gasteiger partial charge in [-0.05, 0) is 34.6 Å². The molecule has 3 N–H and O–H groups in total. The predicted molar refractivity (Wildman–Crippen MR) is 127 cm³/mol. The van der Waals surface area contributed by atoms with E-state index < -0.39 is 10.8 Å². The first kappa shape index (κ1) is 24.6. The van der Waals surface area contributed by atoms with E-state index in [1.807, 2.05) is 0 Å². The van der Waals surface area contributed by atoms with Gasteiger partial charge in [0.05, 0.1) is 32.5 Å². The number of hydrogen-bond acceptors (Lipinski definition) is 13. The van der Waals surface area contributed by atoms with Crippen LogP contribution in [0.25, 0.3) is 17.1 Å². The van der Waals surface area contributed by atoms with Crippen molar-refractivity contribution >= 4 is 23.6 Å². The minimum absolute atomic E-state index is 0.0292. The molecule has 0 atom stereocenters. The van der Waals surface area contributed by atoms with Crippen LogP contribution in [0.2, 0.25) is 0 Å². The van der Waals surface area contributed by atoms with Gasteiger partial charge in [-0.15, -0.1) is 5.10 Å². The molecule has 16 nitrogen and oxygen atoms in total. The number of nitro benzene ring substituents is 1. The molecule has 1 amide bonds. The van der Waals surface area contributed by atoms with Gasteiger partial charge in [0.25, 0.3) is 11.6 Å². The first-order valence-electron chi connectivity index (χ1n) is 10.3. The summed E-state index contributed by atoms with van der Waals surface area (Å²) in [5.74, 6) is 0.253. The predicted octanol–water partition coefficient (Wildman–Crippen LogP) is 1.60. The number of hydrazone groups is 1. The minimum atomic E-state index is -0.745. The molecule has 0 fully saturated rings. The smallest absolute Gasteiger partial charge is 0.294 e. The first-order chi connectivity index (χ1) is 17.9. The second-order valence-corrected chi connectivity index (χ2v) is 7.10. The van der Waals surface area contributed by atoms with E-state index in [-0.39, 0.29) is 28.7 Å². The zero-order chi connectivity index (χ0) is 26.5. The molecule has 2 aromatic heterocycles. The van der Waals surface area contributed by atoms with Crippen molar-refractivity contribution < 1.29 is 28.6 Å². The molecule has 0 aliphatic heterocycles. The Morgan fingerprint density at radius 3 is 2.43 bits per heavy atom. The average Bonchev–Trinajstić information content (AvgIpc) is 3.54. The molecule has 2 heterocycles. The van der Waals surface area contributed by atoms with E-state index in [1.165, 1.54) is 51.8 Å². The number of aromatic nitrogens is 5. The second kappa shape index (κ2) is 10.4. The average molecular weight is 509 g/mol. The van der Waals surface area contributed by atoms with E-state index in [2.05, 4.69) is 35.8 Å². The van der Waals surface area contributed by atoms with Crippen molar-refractivity contribution in [3.63, 3.8) is 0 Å². The van der Waals surface area contributed by atoms with Crippen molar-refractivity contribution in [1.82, 2.24) is 30.7 Å². The summed E-state index contributed by atoms with van der Waals surface area (Å²) in [6.07, 6.45) is 1.34. The maximum atomic E-state index is 13.0. The van der Waals surface area contributed by atoms with Crippen molar-refractivity contribution in [2.75, 3.05) is 27.1 Å². The van der Waals surface area contributed by atoms with E-state index in [4.69, 9.17) is 19.9 Å². The van der Waals surface area contributed by atoms with Crippen molar-refractivity contribution in [2.45, 2.75) is 0 Å². The third-order valence-electron chi connectivity index (χ3n) is 5.04. The van der Waals surface area contributed by atoms with Crippen LogP contribution in [-0.4, -0.2) is 63.7 Å². The molecule has 190 valence electrons. The van der Waals surface area contributed by atoms with Gasteiger partial charge in [-0.3, -0.25) is 14.9 Å². The summed E-state index contributed by atoms with van der Waals surface area (Å²) in [6.45, 7) is 0. The number of rotatable bonds is 9. The number of nitrogens with one attached hydrogen (secondary N) is 1. The number of amides is 1. The van der Waals surface area contributed by atoms with Crippen LogP contribution in [0.5, 0.6) is 17.2 Å². The highest BCUT2D eigenvalue weighted by Gasteiger charge is 2.25. The van der Waals surface area contributed by atoms with E-state index in [9.17, 15) is 14.9 Å². The Kier molecular flexibility index (Phi) is 6.90. The Morgan fingerprint density at radius 1 is 1.11 bits per heavy atom. The SMILES string of the molecule is COc1ccc(C=NNC(=O)c2nnn(-c3nonc3N)c2-c2ccc([N+](=O)[O-])cc2)c(OC)c1OC. The number of hydrogen-bond donors (Lipinski definition) is 2. The molecule has 4 aromatic rings. The topological polar surface area (TPSA) is 208 Å². The van der Waals surface area contributed by atoms with E-state index in [0.717, 1.165) is 4.68 Å². The van der Waals surface area contributed by atoms with Crippen LogP contribution in [0.15, 0.2) is 46.1 Å². The summed E-state index contributed by atoms with van der Waals surface area (Å²) in [4.78, 5) is 23.5. The Morgan fingerprint density at radius 2 is 1.84 bits per heavy atom. The Hall–Kier alpha value is -5.54. The van der Waals surface area contributed by atoms with Crippen LogP contribution in [-0.2, 0) is 0 Å². The molecular formula is C21H19N9O7. The lowest BCUT2D eigenvalue weighted by molar-refractivity contribution is -0.384. The van der Waals surface area contributed by atoms with Crippen LogP contribution in [0.1, 0.15) is 16.1 Å². The molecule has 0 unspecified atom stereocenters. The minimum Gasteiger partial charge on any atom is -0.493 e. The van der Waals surface area contributed by atoms with Gasteiger partial charge < -0.3 is 19.9 Å². The van der Waals surface area contributed by atoms with Gasteiger partial charge in [-0.25, -0.2) is 10.1 Å². The third kappa shape index (κ3) is 4.70. The van der Waals surface area contributed by atoms with E-state index >= 15 is 0 Å². The first-order valence-corrected chi connectivity index (χ1v) is 10.3. The van der Waals surface area contributed by atoms with E-state index in [0.29, 0.717) is 28.4 Å². The fourth-order valence-electron chi connectivity index (χ4n) is 3.36. The number of anilines is 1. The fraction of sp³-hybridized carbons (Fsp3) is 0.143. The second-order valence-electron chi connectivity index (χ2n) is 7.10. The lowest BCUT2D eigenvalue weighted by atomic mass is 10.1. The fourth-order valence-corrected chi connectivity index (χ4v) is 3.36. The van der Waals surface area contributed by atoms with Crippen LogP contribution < -0.4 is 25.4 Å². The molecule has 0 saturated heterocycles. The number of nitrogens with two attached hydrogens (primary N) is 1. The summed E-state index contributed by atoms with van der Waals surface area (Å²) in [5, 5.41) is 30.1. The Balaban J connectivity index is 1.68. The molecule has 0 aliphatic rings. The third-order valence-corrected chi connectivity index (χ3v) is 5.04. The largest absolute Gasteiger partial charge is 0.493 e. The zero-order valence-corrected chi connectivity index (χ0v) is 19.6. The van der Waals surface area contributed by atoms with Crippen molar-refractivity contribution in [1.29, 1.82) is 0 Å². The number of carbonyl (C=O) groups is 1. The van der Waals surface area contributed by atoms with Gasteiger partial charge in [-0.2, -0.15) is 9.78 Å². The number of carbonyl (C=O) groups excluding carboxylic acids is 1. The molecule has 37 heavy (non-hydrogen) atoms. The van der Waals surface area contributed by atoms with Gasteiger partial charge in [0.1, 0.15) is 5.69 Å². The van der Waals surface area contributed by atoms with Gasteiger partial charge >= 0.3 is 0 Å². The highest BCUT2D eigenvalue weighted by atomic mass is 16.6. The van der Waals surface area contributed by atoms with E-state index in [1.54, 1.807) is 12.1 Å². The van der Waals surface area contributed by atoms with Crippen LogP contribution in [0.4, 0.5) is 11.5 Å². The summed E-state index contributed by atoms with van der Waals surface area (Å²) >= 11 is 0. The van der Waals surface area contributed by atoms with Gasteiger partial charge in [0.15, 0.2) is 17.2 Å². The summed E-state index contributed by atoms with van der Waals surface area (Å²) in [7, 11) is 4.40. The number of methoxy groups -OCH3 is 3. The lowest BCUT2D eigenvalue weighted by Gasteiger charge is -2.13. The molecule has 4 rings (SSSR count). The molecule has 0 radical (unpaired) electrons. The number of ether oxygens (including phenoxy) is 3. The standard InChI is InChI=1S/C21H19N9O7/c1-34-14-9-6-12(17(35-2)18(14)36-3)10-23-25-21(31)15-16(11-4-7-13(8-5-11)30(32)33)29(28-24-15)20-19(22)26-37-27-20/h4-10H,1-3H3,(H2,22,26)(H,25,31). The maximum absolute atomic E-state index is 13.0. The summed E-state index contributed by atoms with van der Waals surface area (Å²) in [6, 6.07) is 8.69. The normalized spacial score (nSPS) is 10.9. The van der Waals surface area contributed by atoms with Crippen LogP contribution in [0, 0.1) is 10.1 Å². The van der Waals surface area contributed by atoms with Gasteiger partial charge in [0.2, 0.25) is 17.4 Å². The number of nitrogens with zero attached hydrogens (tertiary/aromatic N) is 7. The molecule has 0 saturated carbocycles. The number of nitro groups is 1. The number of nitrogen functional groups attached to an aromatic ring is 1. The van der Waals surface area contributed by atoms with Crippen molar-refractivity contribution in [3.8, 4) is 34.3 Å². The number of benzene rings is 2. The maximum Gasteiger partial charge on any atom is 0.294 e. The van der Waals surface area contributed by atoms with Crippen molar-refractivity contribution in [2.24, 2.45) is 5.10 Å². The van der Waals surface area contributed by atoms with Gasteiger partial charge in [0, 0.05) is 23.3 Å². The molecule has 16 heteroatoms.